The minimum atomic E-state index is -1.24. The van der Waals surface area contributed by atoms with Gasteiger partial charge in [0, 0.05) is 12.5 Å². The summed E-state index contributed by atoms with van der Waals surface area (Å²) in [6, 6.07) is 0. The van der Waals surface area contributed by atoms with Gasteiger partial charge in [0.05, 0.1) is 19.6 Å². The summed E-state index contributed by atoms with van der Waals surface area (Å²) in [5.41, 5.74) is -1.24. The number of hydrogen-bond acceptors (Lipinski definition) is 3. The van der Waals surface area contributed by atoms with Crippen molar-refractivity contribution in [3.8, 4) is 0 Å². The molecule has 0 amide bonds. The lowest BCUT2D eigenvalue weighted by Crippen LogP contribution is -2.40. The highest BCUT2D eigenvalue weighted by Gasteiger charge is 2.47. The monoisotopic (exact) mass is 156 g/mol. The average molecular weight is 156 g/mol. The first kappa shape index (κ1) is 9.04. The first-order valence-electron chi connectivity index (χ1n) is 3.77. The topological polar surface area (TPSA) is 60.7 Å². The zero-order chi connectivity index (χ0) is 8.65. The van der Waals surface area contributed by atoms with Crippen molar-refractivity contribution in [3.05, 3.63) is 0 Å². The molecule has 0 aromatic heterocycles. The van der Waals surface area contributed by atoms with Gasteiger partial charge in [-0.1, -0.05) is 0 Å². The van der Waals surface area contributed by atoms with E-state index in [0.717, 1.165) is 0 Å². The molecule has 1 aliphatic rings. The lowest BCUT2D eigenvalue weighted by molar-refractivity contribution is -0.0602. The summed E-state index contributed by atoms with van der Waals surface area (Å²) in [5.74, 6) is -0.713. The largest absolute Gasteiger partial charge is 0.396 e. The molecule has 62 valence electrons. The Labute approximate surface area is 67.5 Å². The molecule has 0 bridgehead atoms. The molecule has 0 aliphatic heterocycles. The Morgan fingerprint density at radius 1 is 1.64 bits per heavy atom. The molecule has 0 spiro atoms. The average Bonchev–Trinajstić information content (AvgIpc) is 2.14. The van der Waals surface area contributed by atoms with E-state index in [4.69, 9.17) is 13.0 Å². The van der Waals surface area contributed by atoms with Gasteiger partial charge in [0.15, 0.2) is 0 Å². The number of aliphatic hydroxyl groups is 3. The minimum absolute atomic E-state index is 0.120. The predicted molar refractivity (Wildman–Crippen MR) is 41.3 cm³/mol. The van der Waals surface area contributed by atoms with Crippen molar-refractivity contribution in [2.45, 2.75) is 30.9 Å². The Kier molecular flexibility index (Phi) is 2.28. The van der Waals surface area contributed by atoms with Gasteiger partial charge in [0.2, 0.25) is 0 Å². The third kappa shape index (κ3) is 1.30. The van der Waals surface area contributed by atoms with E-state index < -0.39 is 17.5 Å². The molecule has 1 aliphatic carbocycles. The molecular formula is C7H13BO3. The second kappa shape index (κ2) is 2.77. The Hall–Kier alpha value is -0.0551. The van der Waals surface area contributed by atoms with E-state index in [1.54, 1.807) is 0 Å². The van der Waals surface area contributed by atoms with Gasteiger partial charge in [-0.25, -0.2) is 0 Å². The highest BCUT2D eigenvalue weighted by molar-refractivity contribution is 6.12. The first-order valence-corrected chi connectivity index (χ1v) is 3.77. The van der Waals surface area contributed by atoms with Gasteiger partial charge in [0.1, 0.15) is 0 Å². The van der Waals surface area contributed by atoms with Gasteiger partial charge in [-0.05, 0) is 19.2 Å². The predicted octanol–water partition coefficient (Wildman–Crippen LogP) is -0.933. The van der Waals surface area contributed by atoms with E-state index in [0.29, 0.717) is 6.42 Å². The number of hydrogen-bond donors (Lipinski definition) is 3. The van der Waals surface area contributed by atoms with Crippen LogP contribution in [0.25, 0.3) is 0 Å². The molecule has 0 saturated heterocycles. The maximum absolute atomic E-state index is 9.55. The zero-order valence-electron chi connectivity index (χ0n) is 6.57. The van der Waals surface area contributed by atoms with Crippen LogP contribution in [-0.4, -0.2) is 41.5 Å². The first-order chi connectivity index (χ1) is 5.00. The number of aliphatic hydroxyl groups excluding tert-OH is 2. The van der Waals surface area contributed by atoms with Gasteiger partial charge in [0.25, 0.3) is 0 Å². The van der Waals surface area contributed by atoms with Gasteiger partial charge in [-0.15, -0.1) is 0 Å². The van der Waals surface area contributed by atoms with Crippen molar-refractivity contribution in [3.63, 3.8) is 0 Å². The smallest absolute Gasteiger partial charge is 0.0869 e. The molecule has 4 heteroatoms. The fourth-order valence-corrected chi connectivity index (χ4v) is 1.56. The number of rotatable bonds is 1. The summed E-state index contributed by atoms with van der Waals surface area (Å²) in [6.45, 7) is 1.38. The quantitative estimate of drug-likeness (QED) is 0.429. The van der Waals surface area contributed by atoms with Crippen molar-refractivity contribution in [1.29, 1.82) is 0 Å². The maximum atomic E-state index is 9.55. The molecule has 4 atom stereocenters. The summed E-state index contributed by atoms with van der Waals surface area (Å²) in [5, 5.41) is 27.7. The van der Waals surface area contributed by atoms with Crippen molar-refractivity contribution < 1.29 is 15.3 Å². The van der Waals surface area contributed by atoms with Crippen LogP contribution in [0.1, 0.15) is 13.3 Å². The highest BCUT2D eigenvalue weighted by atomic mass is 16.3. The van der Waals surface area contributed by atoms with Crippen molar-refractivity contribution >= 4 is 7.85 Å². The summed E-state index contributed by atoms with van der Waals surface area (Å²) < 4.78 is 0. The second-order valence-corrected chi connectivity index (χ2v) is 3.46. The van der Waals surface area contributed by atoms with Gasteiger partial charge in [-0.2, -0.15) is 0 Å². The lowest BCUT2D eigenvalue weighted by Gasteiger charge is -2.27. The highest BCUT2D eigenvalue weighted by Crippen LogP contribution is 2.41. The van der Waals surface area contributed by atoms with E-state index in [1.807, 2.05) is 0 Å². The third-order valence-corrected chi connectivity index (χ3v) is 2.59. The van der Waals surface area contributed by atoms with E-state index in [-0.39, 0.29) is 12.5 Å². The fraction of sp³-hybridized carbons (Fsp3) is 1.00. The van der Waals surface area contributed by atoms with E-state index >= 15 is 0 Å². The van der Waals surface area contributed by atoms with Crippen LogP contribution >= 0.6 is 0 Å². The van der Waals surface area contributed by atoms with Crippen molar-refractivity contribution in [1.82, 2.24) is 0 Å². The van der Waals surface area contributed by atoms with Crippen LogP contribution in [0.3, 0.4) is 0 Å². The Balaban J connectivity index is 2.71. The molecule has 1 rings (SSSR count). The lowest BCUT2D eigenvalue weighted by atomic mass is 9.76. The third-order valence-electron chi connectivity index (χ3n) is 2.59. The molecular weight excluding hydrogens is 143 g/mol. The molecule has 1 saturated carbocycles. The van der Waals surface area contributed by atoms with Crippen LogP contribution in [0, 0.1) is 5.92 Å². The zero-order valence-corrected chi connectivity index (χ0v) is 6.57. The van der Waals surface area contributed by atoms with Crippen LogP contribution < -0.4 is 0 Å². The van der Waals surface area contributed by atoms with Crippen LogP contribution in [-0.2, 0) is 0 Å². The summed E-state index contributed by atoms with van der Waals surface area (Å²) in [4.78, 5) is 0. The summed E-state index contributed by atoms with van der Waals surface area (Å²) >= 11 is 0. The summed E-state index contributed by atoms with van der Waals surface area (Å²) in [6.07, 6.45) is -0.424. The van der Waals surface area contributed by atoms with Crippen molar-refractivity contribution in [2.24, 2.45) is 5.92 Å². The Morgan fingerprint density at radius 3 is 2.36 bits per heavy atom. The SMILES string of the molecule is [B]C1CC(CO)C(O)C1(C)O. The second-order valence-electron chi connectivity index (χ2n) is 3.46. The van der Waals surface area contributed by atoms with Crippen LogP contribution in [0.2, 0.25) is 5.82 Å². The normalized spacial score (nSPS) is 51.5. The molecule has 3 nitrogen and oxygen atoms in total. The van der Waals surface area contributed by atoms with Crippen LogP contribution in [0.5, 0.6) is 0 Å². The van der Waals surface area contributed by atoms with Gasteiger partial charge in [-0.3, -0.25) is 0 Å². The Morgan fingerprint density at radius 2 is 2.18 bits per heavy atom. The molecule has 0 aromatic rings. The molecule has 0 aromatic carbocycles. The minimum Gasteiger partial charge on any atom is -0.396 e. The van der Waals surface area contributed by atoms with E-state index in [9.17, 15) is 10.2 Å². The van der Waals surface area contributed by atoms with Gasteiger partial charge < -0.3 is 15.3 Å². The van der Waals surface area contributed by atoms with Crippen LogP contribution in [0.15, 0.2) is 0 Å². The molecule has 2 radical (unpaired) electrons. The molecule has 4 unspecified atom stereocenters. The Bertz CT molecular complexity index is 149. The molecule has 0 heterocycles. The fourth-order valence-electron chi connectivity index (χ4n) is 1.56. The molecule has 1 fully saturated rings. The molecule has 11 heavy (non-hydrogen) atoms. The van der Waals surface area contributed by atoms with E-state index in [2.05, 4.69) is 0 Å². The van der Waals surface area contributed by atoms with Gasteiger partial charge >= 0.3 is 0 Å². The summed E-state index contributed by atoms with van der Waals surface area (Å²) in [7, 11) is 5.55. The van der Waals surface area contributed by atoms with Crippen LogP contribution in [0.4, 0.5) is 0 Å². The molecule has 3 N–H and O–H groups in total. The van der Waals surface area contributed by atoms with Crippen molar-refractivity contribution in [2.75, 3.05) is 6.61 Å². The maximum Gasteiger partial charge on any atom is 0.0869 e. The van der Waals surface area contributed by atoms with E-state index in [1.165, 1.54) is 6.92 Å². The standard InChI is InChI=1S/C7H13BO3/c1-7(11)5(8)2-4(3-9)6(7)10/h4-6,9-11H,2-3H2,1H3.